The van der Waals surface area contributed by atoms with Crippen molar-refractivity contribution >= 4 is 22.7 Å². The summed E-state index contributed by atoms with van der Waals surface area (Å²) in [5.74, 6) is 3.01. The van der Waals surface area contributed by atoms with Crippen LogP contribution in [0.3, 0.4) is 0 Å². The number of ether oxygens (including phenoxy) is 3. The number of aromatic nitrogens is 1. The summed E-state index contributed by atoms with van der Waals surface area (Å²) in [6, 6.07) is 15.8. The van der Waals surface area contributed by atoms with Gasteiger partial charge in [0.15, 0.2) is 11.5 Å². The van der Waals surface area contributed by atoms with E-state index in [4.69, 9.17) is 14.2 Å². The molecule has 0 bridgehead atoms. The van der Waals surface area contributed by atoms with Gasteiger partial charge in [0.25, 0.3) is 0 Å². The lowest BCUT2D eigenvalue weighted by Crippen LogP contribution is -2.47. The number of nitrogens with one attached hydrogen (secondary N) is 1. The molecule has 37 heavy (non-hydrogen) atoms. The summed E-state index contributed by atoms with van der Waals surface area (Å²) in [7, 11) is 0. The molecule has 0 unspecified atom stereocenters. The number of para-hydroxylation sites is 2. The summed E-state index contributed by atoms with van der Waals surface area (Å²) in [5, 5.41) is 3.93. The van der Waals surface area contributed by atoms with Crippen LogP contribution >= 0.6 is 0 Å². The molecule has 1 aliphatic carbocycles. The molecule has 3 aromatic rings. The van der Waals surface area contributed by atoms with Crippen molar-refractivity contribution in [1.82, 2.24) is 15.2 Å². The number of piperazine rings is 1. The van der Waals surface area contributed by atoms with E-state index < -0.39 is 0 Å². The molecule has 0 atom stereocenters. The van der Waals surface area contributed by atoms with Gasteiger partial charge in [-0.2, -0.15) is 0 Å². The highest BCUT2D eigenvalue weighted by molar-refractivity contribution is 5.87. The van der Waals surface area contributed by atoms with Crippen LogP contribution in [0.5, 0.6) is 17.2 Å². The average molecular weight is 503 g/mol. The van der Waals surface area contributed by atoms with Crippen LogP contribution in [0.2, 0.25) is 0 Å². The number of carbonyl (C=O) groups excluding carboxylic acids is 1. The van der Waals surface area contributed by atoms with Crippen LogP contribution < -0.4 is 24.4 Å². The first kappa shape index (κ1) is 23.9. The van der Waals surface area contributed by atoms with Gasteiger partial charge in [0, 0.05) is 43.8 Å². The molecule has 1 saturated carbocycles. The summed E-state index contributed by atoms with van der Waals surface area (Å²) in [5.41, 5.74) is 1.97. The number of amides is 1. The first-order valence-corrected chi connectivity index (χ1v) is 13.4. The van der Waals surface area contributed by atoms with Crippen LogP contribution in [0.15, 0.2) is 54.7 Å². The predicted octanol–water partition coefficient (Wildman–Crippen LogP) is 4.82. The number of anilines is 1. The Hall–Kier alpha value is -3.52. The molecule has 0 radical (unpaired) electrons. The molecule has 1 N–H and O–H groups in total. The Morgan fingerprint density at radius 3 is 2.68 bits per heavy atom. The second-order valence-corrected chi connectivity index (χ2v) is 10.2. The zero-order chi connectivity index (χ0) is 25.0. The summed E-state index contributed by atoms with van der Waals surface area (Å²) in [6.45, 7) is 5.60. The zero-order valence-electron chi connectivity index (χ0n) is 21.1. The first-order chi connectivity index (χ1) is 18.2. The van der Waals surface area contributed by atoms with Crippen molar-refractivity contribution in [3.63, 3.8) is 0 Å². The number of pyridine rings is 1. The third kappa shape index (κ3) is 5.44. The van der Waals surface area contributed by atoms with Crippen LogP contribution in [0.1, 0.15) is 32.1 Å². The van der Waals surface area contributed by atoms with Crippen LogP contribution in [0.25, 0.3) is 10.9 Å². The van der Waals surface area contributed by atoms with Gasteiger partial charge < -0.3 is 24.4 Å². The zero-order valence-corrected chi connectivity index (χ0v) is 21.1. The maximum Gasteiger partial charge on any atom is 0.412 e. The van der Waals surface area contributed by atoms with Crippen LogP contribution in [-0.2, 0) is 0 Å². The molecule has 194 valence electrons. The number of hydrogen-bond acceptors (Lipinski definition) is 7. The van der Waals surface area contributed by atoms with Gasteiger partial charge in [0.2, 0.25) is 6.79 Å². The largest absolute Gasteiger partial charge is 0.454 e. The summed E-state index contributed by atoms with van der Waals surface area (Å²) < 4.78 is 16.9. The summed E-state index contributed by atoms with van der Waals surface area (Å²) in [6.07, 6.45) is 6.83. The van der Waals surface area contributed by atoms with Crippen molar-refractivity contribution < 1.29 is 19.0 Å². The molecule has 2 aromatic carbocycles. The molecule has 3 aliphatic rings. The Morgan fingerprint density at radius 2 is 1.81 bits per heavy atom. The van der Waals surface area contributed by atoms with Crippen molar-refractivity contribution in [3.8, 4) is 17.2 Å². The van der Waals surface area contributed by atoms with Gasteiger partial charge in [-0.25, -0.2) is 4.79 Å². The lowest BCUT2D eigenvalue weighted by molar-refractivity contribution is 0.173. The van der Waals surface area contributed by atoms with E-state index in [1.165, 1.54) is 6.42 Å². The first-order valence-electron chi connectivity index (χ1n) is 13.4. The lowest BCUT2D eigenvalue weighted by atomic mass is 9.84. The Morgan fingerprint density at radius 1 is 0.973 bits per heavy atom. The van der Waals surface area contributed by atoms with E-state index in [0.29, 0.717) is 12.5 Å². The molecule has 1 amide bonds. The van der Waals surface area contributed by atoms with Crippen molar-refractivity contribution in [2.45, 2.75) is 38.1 Å². The molecule has 2 fully saturated rings. The van der Waals surface area contributed by atoms with E-state index in [1.807, 2.05) is 36.4 Å². The standard InChI is InChI=1S/C29H34N4O4/c34-29(37-26-12-14-30-24-5-2-1-4-23(24)26)31-22-10-8-21(9-11-22)13-15-32-16-18-33(19-17-32)25-6-3-7-27-28(25)36-20-35-27/h1-7,12,14,21-22H,8-11,13,15-20H2,(H,31,34). The Kier molecular flexibility index (Phi) is 6.99. The van der Waals surface area contributed by atoms with Crippen LogP contribution in [0, 0.1) is 5.92 Å². The van der Waals surface area contributed by atoms with Gasteiger partial charge in [-0.1, -0.05) is 18.2 Å². The number of fused-ring (bicyclic) bond motifs is 2. The van der Waals surface area contributed by atoms with Crippen molar-refractivity contribution in [3.05, 3.63) is 54.7 Å². The van der Waals surface area contributed by atoms with Crippen molar-refractivity contribution in [2.75, 3.05) is 44.4 Å². The number of carbonyl (C=O) groups is 1. The Bertz CT molecular complexity index is 1230. The molecule has 2 aliphatic heterocycles. The molecule has 8 heteroatoms. The fraction of sp³-hybridized carbons (Fsp3) is 0.448. The Balaban J connectivity index is 0.915. The molecular formula is C29H34N4O4. The van der Waals surface area contributed by atoms with Crippen molar-refractivity contribution in [1.29, 1.82) is 0 Å². The monoisotopic (exact) mass is 502 g/mol. The maximum atomic E-state index is 12.6. The quantitative estimate of drug-likeness (QED) is 0.518. The van der Waals surface area contributed by atoms with Crippen LogP contribution in [0.4, 0.5) is 10.5 Å². The number of benzene rings is 2. The molecule has 1 aromatic heterocycles. The number of hydrogen-bond donors (Lipinski definition) is 1. The van der Waals surface area contributed by atoms with Crippen molar-refractivity contribution in [2.24, 2.45) is 5.92 Å². The lowest BCUT2D eigenvalue weighted by Gasteiger charge is -2.37. The van der Waals surface area contributed by atoms with Gasteiger partial charge in [0.1, 0.15) is 5.75 Å². The highest BCUT2D eigenvalue weighted by Gasteiger charge is 2.26. The van der Waals surface area contributed by atoms with E-state index in [2.05, 4.69) is 26.2 Å². The molecule has 3 heterocycles. The van der Waals surface area contributed by atoms with Gasteiger partial charge in [-0.15, -0.1) is 0 Å². The third-order valence-corrected chi connectivity index (χ3v) is 7.92. The minimum absolute atomic E-state index is 0.180. The van der Waals surface area contributed by atoms with E-state index >= 15 is 0 Å². The smallest absolute Gasteiger partial charge is 0.412 e. The van der Waals surface area contributed by atoms with Crippen LogP contribution in [-0.4, -0.2) is 61.5 Å². The van der Waals surface area contributed by atoms with Gasteiger partial charge in [-0.05, 0) is 74.9 Å². The SMILES string of the molecule is O=C(NC1CCC(CCN2CCN(c3cccc4c3OCO4)CC2)CC1)Oc1ccnc2ccccc12. The third-order valence-electron chi connectivity index (χ3n) is 7.92. The minimum atomic E-state index is -0.376. The molecular weight excluding hydrogens is 468 g/mol. The molecule has 0 spiro atoms. The maximum absolute atomic E-state index is 12.6. The second kappa shape index (κ2) is 10.8. The number of nitrogens with zero attached hydrogens (tertiary/aromatic N) is 3. The minimum Gasteiger partial charge on any atom is -0.454 e. The predicted molar refractivity (Wildman–Crippen MR) is 142 cm³/mol. The van der Waals surface area contributed by atoms with Gasteiger partial charge in [-0.3, -0.25) is 9.88 Å². The number of rotatable bonds is 6. The van der Waals surface area contributed by atoms with E-state index in [9.17, 15) is 4.79 Å². The molecule has 1 saturated heterocycles. The van der Waals surface area contributed by atoms with E-state index in [-0.39, 0.29) is 12.1 Å². The van der Waals surface area contributed by atoms with E-state index in [1.54, 1.807) is 12.3 Å². The summed E-state index contributed by atoms with van der Waals surface area (Å²) >= 11 is 0. The highest BCUT2D eigenvalue weighted by Crippen LogP contribution is 2.41. The van der Waals surface area contributed by atoms with E-state index in [0.717, 1.165) is 92.4 Å². The average Bonchev–Trinajstić information content (AvgIpc) is 3.43. The highest BCUT2D eigenvalue weighted by atomic mass is 16.7. The summed E-state index contributed by atoms with van der Waals surface area (Å²) in [4.78, 5) is 21.9. The van der Waals surface area contributed by atoms with Gasteiger partial charge in [0.05, 0.1) is 11.2 Å². The fourth-order valence-corrected chi connectivity index (χ4v) is 5.79. The topological polar surface area (TPSA) is 76.2 Å². The van der Waals surface area contributed by atoms with Gasteiger partial charge >= 0.3 is 6.09 Å². The second-order valence-electron chi connectivity index (χ2n) is 10.2. The Labute approximate surface area is 217 Å². The fourth-order valence-electron chi connectivity index (χ4n) is 5.79. The molecule has 6 rings (SSSR count). The molecule has 8 nitrogen and oxygen atoms in total. The normalized spacial score (nSPS) is 21.7.